The van der Waals surface area contributed by atoms with Crippen LogP contribution in [-0.4, -0.2) is 25.5 Å². The van der Waals surface area contributed by atoms with E-state index in [1.165, 1.54) is 42.3 Å². The molecule has 4 rings (SSSR count). The number of hydrogen-bond donors (Lipinski definition) is 2. The number of carbonyl (C=O) groups is 1. The van der Waals surface area contributed by atoms with Gasteiger partial charge in [0.2, 0.25) is 0 Å². The molecule has 3 aromatic carbocycles. The van der Waals surface area contributed by atoms with Crippen LogP contribution in [0.2, 0.25) is 0 Å². The van der Waals surface area contributed by atoms with E-state index in [-0.39, 0.29) is 11.9 Å². The Balaban J connectivity index is 1.61. The van der Waals surface area contributed by atoms with Crippen molar-refractivity contribution in [2.45, 2.75) is 25.8 Å². The molecule has 3 aromatic rings. The molecule has 1 aliphatic rings. The molecular formula is C24H27N2O+. The molecule has 0 aliphatic carbocycles. The van der Waals surface area contributed by atoms with Crippen molar-refractivity contribution < 1.29 is 9.69 Å². The van der Waals surface area contributed by atoms with Crippen molar-refractivity contribution in [2.75, 3.05) is 19.6 Å². The molecule has 138 valence electrons. The zero-order valence-electron chi connectivity index (χ0n) is 15.9. The highest BCUT2D eigenvalue weighted by molar-refractivity contribution is 5.94. The number of amides is 1. The smallest absolute Gasteiger partial charge is 0.251 e. The molecular weight excluding hydrogens is 332 g/mol. The zero-order chi connectivity index (χ0) is 18.6. The summed E-state index contributed by atoms with van der Waals surface area (Å²) in [7, 11) is 0. The minimum Gasteiger partial charge on any atom is -0.346 e. The Morgan fingerprint density at radius 2 is 1.74 bits per heavy atom. The summed E-state index contributed by atoms with van der Waals surface area (Å²) < 4.78 is 0. The molecule has 1 atom stereocenters. The first-order chi connectivity index (χ1) is 13.2. The second-order valence-corrected chi connectivity index (χ2v) is 7.57. The van der Waals surface area contributed by atoms with Gasteiger partial charge in [-0.05, 0) is 29.8 Å². The molecule has 1 saturated heterocycles. The van der Waals surface area contributed by atoms with Crippen LogP contribution in [-0.2, 0) is 0 Å². The van der Waals surface area contributed by atoms with Gasteiger partial charge >= 0.3 is 0 Å². The molecule has 1 fully saturated rings. The van der Waals surface area contributed by atoms with Gasteiger partial charge in [-0.1, -0.05) is 60.2 Å². The minimum absolute atomic E-state index is 0.0162. The van der Waals surface area contributed by atoms with E-state index < -0.39 is 0 Å². The average molecular weight is 359 g/mol. The number of nitrogens with one attached hydrogen (secondary N) is 2. The maximum atomic E-state index is 12.7. The molecule has 0 aromatic heterocycles. The highest BCUT2D eigenvalue weighted by Gasteiger charge is 2.29. The lowest BCUT2D eigenvalue weighted by atomic mass is 9.97. The van der Waals surface area contributed by atoms with Gasteiger partial charge in [0.25, 0.3) is 5.91 Å². The second kappa shape index (κ2) is 7.93. The van der Waals surface area contributed by atoms with Crippen LogP contribution < -0.4 is 10.2 Å². The van der Waals surface area contributed by atoms with Crippen LogP contribution in [0.1, 0.15) is 40.4 Å². The Morgan fingerprint density at radius 1 is 1.00 bits per heavy atom. The molecule has 1 amide bonds. The monoisotopic (exact) mass is 359 g/mol. The van der Waals surface area contributed by atoms with Crippen molar-refractivity contribution in [1.82, 2.24) is 5.32 Å². The van der Waals surface area contributed by atoms with E-state index in [0.29, 0.717) is 6.54 Å². The summed E-state index contributed by atoms with van der Waals surface area (Å²) in [6.45, 7) is 5.03. The number of likely N-dealkylation sites (tertiary alicyclic amines) is 1. The topological polar surface area (TPSA) is 33.5 Å². The summed E-state index contributed by atoms with van der Waals surface area (Å²) in [4.78, 5) is 14.3. The number of rotatable bonds is 5. The molecule has 0 bridgehead atoms. The SMILES string of the molecule is Cc1cccc(C(=O)NC[C@H](c2cccc3ccccc23)[NH+]2CCCC2)c1. The Kier molecular flexibility index (Phi) is 5.21. The minimum atomic E-state index is 0.0162. The van der Waals surface area contributed by atoms with Gasteiger partial charge in [-0.3, -0.25) is 4.79 Å². The Morgan fingerprint density at radius 3 is 2.56 bits per heavy atom. The fourth-order valence-electron chi connectivity index (χ4n) is 4.29. The van der Waals surface area contributed by atoms with Crippen molar-refractivity contribution in [3.8, 4) is 0 Å². The first-order valence-corrected chi connectivity index (χ1v) is 9.89. The van der Waals surface area contributed by atoms with Crippen LogP contribution in [0.15, 0.2) is 66.7 Å². The molecule has 3 nitrogen and oxygen atoms in total. The first-order valence-electron chi connectivity index (χ1n) is 9.89. The number of hydrogen-bond acceptors (Lipinski definition) is 1. The summed E-state index contributed by atoms with van der Waals surface area (Å²) in [5.41, 5.74) is 3.19. The van der Waals surface area contributed by atoms with E-state index in [1.54, 1.807) is 4.90 Å². The van der Waals surface area contributed by atoms with Gasteiger partial charge in [-0.25, -0.2) is 0 Å². The predicted octanol–water partition coefficient (Wildman–Crippen LogP) is 3.30. The van der Waals surface area contributed by atoms with Crippen LogP contribution in [0.25, 0.3) is 10.8 Å². The van der Waals surface area contributed by atoms with E-state index in [0.717, 1.165) is 11.1 Å². The highest BCUT2D eigenvalue weighted by Crippen LogP contribution is 2.23. The Labute approximate surface area is 161 Å². The number of fused-ring (bicyclic) bond motifs is 1. The summed E-state index contributed by atoms with van der Waals surface area (Å²) >= 11 is 0. The van der Waals surface area contributed by atoms with Crippen LogP contribution in [0.3, 0.4) is 0 Å². The molecule has 0 saturated carbocycles. The molecule has 0 unspecified atom stereocenters. The van der Waals surface area contributed by atoms with Gasteiger partial charge in [0.1, 0.15) is 6.04 Å². The Hall–Kier alpha value is -2.65. The molecule has 3 heteroatoms. The van der Waals surface area contributed by atoms with E-state index in [2.05, 4.69) is 47.8 Å². The largest absolute Gasteiger partial charge is 0.346 e. The lowest BCUT2D eigenvalue weighted by Crippen LogP contribution is -3.11. The maximum Gasteiger partial charge on any atom is 0.251 e. The van der Waals surface area contributed by atoms with Gasteiger partial charge in [-0.15, -0.1) is 0 Å². The molecule has 0 radical (unpaired) electrons. The quantitative estimate of drug-likeness (QED) is 0.720. The van der Waals surface area contributed by atoms with Crippen molar-refractivity contribution in [3.05, 3.63) is 83.4 Å². The third kappa shape index (κ3) is 3.88. The van der Waals surface area contributed by atoms with Gasteiger partial charge in [0.05, 0.1) is 19.6 Å². The molecule has 1 aliphatic heterocycles. The van der Waals surface area contributed by atoms with E-state index in [1.807, 2.05) is 31.2 Å². The third-order valence-corrected chi connectivity index (χ3v) is 5.68. The number of aryl methyl sites for hydroxylation is 1. The van der Waals surface area contributed by atoms with Crippen LogP contribution in [0, 0.1) is 6.92 Å². The standard InChI is InChI=1S/C24H26N2O/c1-18-8-6-11-20(16-18)24(27)25-17-23(26-14-4-5-15-26)22-13-7-10-19-9-2-3-12-21(19)22/h2-3,6-13,16,23H,4-5,14-15,17H2,1H3,(H,25,27)/p+1/t23-/m1/s1. The maximum absolute atomic E-state index is 12.7. The summed E-state index contributed by atoms with van der Waals surface area (Å²) in [5, 5.41) is 5.77. The number of carbonyl (C=O) groups excluding carboxylic acids is 1. The predicted molar refractivity (Wildman–Crippen MR) is 110 cm³/mol. The van der Waals surface area contributed by atoms with Crippen molar-refractivity contribution in [3.63, 3.8) is 0 Å². The normalized spacial score (nSPS) is 15.7. The van der Waals surface area contributed by atoms with Crippen LogP contribution in [0.5, 0.6) is 0 Å². The fraction of sp³-hybridized carbons (Fsp3) is 0.292. The van der Waals surface area contributed by atoms with E-state index in [9.17, 15) is 4.79 Å². The van der Waals surface area contributed by atoms with E-state index in [4.69, 9.17) is 0 Å². The number of quaternary nitrogens is 1. The zero-order valence-corrected chi connectivity index (χ0v) is 15.9. The number of benzene rings is 3. The average Bonchev–Trinajstić information content (AvgIpc) is 3.22. The Bertz CT molecular complexity index is 939. The van der Waals surface area contributed by atoms with Crippen molar-refractivity contribution in [1.29, 1.82) is 0 Å². The highest BCUT2D eigenvalue weighted by atomic mass is 16.1. The van der Waals surface area contributed by atoms with Gasteiger partial charge in [0, 0.05) is 24.0 Å². The molecule has 2 N–H and O–H groups in total. The van der Waals surface area contributed by atoms with Gasteiger partial charge in [-0.2, -0.15) is 0 Å². The summed E-state index contributed by atoms with van der Waals surface area (Å²) in [6, 6.07) is 23.2. The third-order valence-electron chi connectivity index (χ3n) is 5.68. The second-order valence-electron chi connectivity index (χ2n) is 7.57. The van der Waals surface area contributed by atoms with Crippen molar-refractivity contribution in [2.24, 2.45) is 0 Å². The molecule has 0 spiro atoms. The van der Waals surface area contributed by atoms with Gasteiger partial charge < -0.3 is 10.2 Å². The van der Waals surface area contributed by atoms with Crippen LogP contribution in [0.4, 0.5) is 0 Å². The summed E-state index contributed by atoms with van der Waals surface area (Å²) in [5.74, 6) is 0.0162. The first kappa shape index (κ1) is 17.7. The van der Waals surface area contributed by atoms with Crippen molar-refractivity contribution >= 4 is 16.7 Å². The van der Waals surface area contributed by atoms with Gasteiger partial charge in [0.15, 0.2) is 0 Å². The lowest BCUT2D eigenvalue weighted by Gasteiger charge is -2.26. The fourth-order valence-corrected chi connectivity index (χ4v) is 4.29. The lowest BCUT2D eigenvalue weighted by molar-refractivity contribution is -0.918. The summed E-state index contributed by atoms with van der Waals surface area (Å²) in [6.07, 6.45) is 2.53. The molecule has 1 heterocycles. The molecule has 27 heavy (non-hydrogen) atoms. The van der Waals surface area contributed by atoms with Crippen LogP contribution >= 0.6 is 0 Å². The van der Waals surface area contributed by atoms with E-state index >= 15 is 0 Å².